The lowest BCUT2D eigenvalue weighted by Crippen LogP contribution is -2.38. The van der Waals surface area contributed by atoms with Crippen molar-refractivity contribution in [2.24, 2.45) is 5.92 Å². The van der Waals surface area contributed by atoms with Gasteiger partial charge in [0.1, 0.15) is 17.3 Å². The van der Waals surface area contributed by atoms with E-state index < -0.39 is 0 Å². The third kappa shape index (κ3) is 4.74. The summed E-state index contributed by atoms with van der Waals surface area (Å²) in [7, 11) is 0. The first-order valence-electron chi connectivity index (χ1n) is 10.1. The topological polar surface area (TPSA) is 83.9 Å². The summed E-state index contributed by atoms with van der Waals surface area (Å²) in [4.78, 5) is 32.7. The molecule has 1 aliphatic rings. The second-order valence-electron chi connectivity index (χ2n) is 7.22. The predicted molar refractivity (Wildman–Crippen MR) is 117 cm³/mol. The number of amides is 1. The van der Waals surface area contributed by atoms with Crippen molar-refractivity contribution < 1.29 is 4.79 Å². The maximum atomic E-state index is 12.6. The van der Waals surface area contributed by atoms with Crippen LogP contribution in [0.15, 0.2) is 48.8 Å². The number of carbonyl (C=O) groups excluding carboxylic acids is 1. The fraction of sp³-hybridized carbons (Fsp3) is 0.318. The Morgan fingerprint density at radius 2 is 2.00 bits per heavy atom. The number of piperidine rings is 1. The summed E-state index contributed by atoms with van der Waals surface area (Å²) in [6.45, 7) is 3.59. The lowest BCUT2D eigenvalue weighted by Gasteiger charge is -2.32. The number of halogens is 1. The summed E-state index contributed by atoms with van der Waals surface area (Å²) in [5.41, 5.74) is 1.74. The highest BCUT2D eigenvalue weighted by molar-refractivity contribution is 6.30. The van der Waals surface area contributed by atoms with Gasteiger partial charge in [0.05, 0.1) is 5.02 Å². The van der Waals surface area contributed by atoms with Crippen LogP contribution in [0.1, 0.15) is 25.5 Å². The number of anilines is 2. The number of pyridine rings is 2. The first-order valence-corrected chi connectivity index (χ1v) is 10.5. The van der Waals surface area contributed by atoms with Crippen LogP contribution in [0, 0.1) is 5.92 Å². The molecule has 4 heterocycles. The molecule has 8 heteroatoms. The van der Waals surface area contributed by atoms with Crippen LogP contribution in [-0.4, -0.2) is 38.9 Å². The molecule has 3 aromatic rings. The molecule has 1 saturated heterocycles. The quantitative estimate of drug-likeness (QED) is 0.668. The molecule has 30 heavy (non-hydrogen) atoms. The van der Waals surface area contributed by atoms with E-state index >= 15 is 0 Å². The lowest BCUT2D eigenvalue weighted by molar-refractivity contribution is -0.120. The molecule has 3 aromatic heterocycles. The summed E-state index contributed by atoms with van der Waals surface area (Å²) in [5.74, 6) is 1.99. The molecule has 4 rings (SSSR count). The number of carbonyl (C=O) groups is 1. The zero-order valence-corrected chi connectivity index (χ0v) is 17.5. The van der Waals surface area contributed by atoms with E-state index in [1.165, 1.54) is 6.20 Å². The molecule has 0 radical (unpaired) electrons. The van der Waals surface area contributed by atoms with E-state index in [1.54, 1.807) is 18.3 Å². The van der Waals surface area contributed by atoms with Crippen LogP contribution in [-0.2, 0) is 11.2 Å². The molecule has 0 saturated carbocycles. The van der Waals surface area contributed by atoms with Crippen molar-refractivity contribution in [3.63, 3.8) is 0 Å². The Morgan fingerprint density at radius 1 is 1.17 bits per heavy atom. The van der Waals surface area contributed by atoms with Gasteiger partial charge in [-0.15, -0.1) is 0 Å². The molecule has 1 fully saturated rings. The number of nitrogens with one attached hydrogen (secondary N) is 1. The van der Waals surface area contributed by atoms with Gasteiger partial charge in [-0.1, -0.05) is 24.6 Å². The molecule has 0 atom stereocenters. The molecule has 1 amide bonds. The van der Waals surface area contributed by atoms with Crippen LogP contribution in [0.5, 0.6) is 0 Å². The minimum absolute atomic E-state index is 0.00409. The van der Waals surface area contributed by atoms with Gasteiger partial charge in [-0.2, -0.15) is 0 Å². The second kappa shape index (κ2) is 9.17. The minimum Gasteiger partial charge on any atom is -0.356 e. The molecule has 1 N–H and O–H groups in total. The predicted octanol–water partition coefficient (Wildman–Crippen LogP) is 4.00. The van der Waals surface area contributed by atoms with Gasteiger partial charge in [0.15, 0.2) is 5.82 Å². The minimum atomic E-state index is -0.0542. The van der Waals surface area contributed by atoms with E-state index in [0.717, 1.165) is 49.6 Å². The maximum absolute atomic E-state index is 12.6. The van der Waals surface area contributed by atoms with Gasteiger partial charge in [0.25, 0.3) is 0 Å². The van der Waals surface area contributed by atoms with E-state index in [9.17, 15) is 4.79 Å². The number of nitrogens with zero attached hydrogens (tertiary/aromatic N) is 5. The lowest BCUT2D eigenvalue weighted by atomic mass is 9.96. The molecule has 0 bridgehead atoms. The highest BCUT2D eigenvalue weighted by Crippen LogP contribution is 2.25. The molecule has 0 spiro atoms. The van der Waals surface area contributed by atoms with Gasteiger partial charge in [-0.05, 0) is 43.5 Å². The number of hydrogen-bond acceptors (Lipinski definition) is 6. The zero-order valence-electron chi connectivity index (χ0n) is 16.8. The van der Waals surface area contributed by atoms with Crippen molar-refractivity contribution in [2.45, 2.75) is 26.2 Å². The van der Waals surface area contributed by atoms with Gasteiger partial charge >= 0.3 is 0 Å². The average Bonchev–Trinajstić information content (AvgIpc) is 2.81. The largest absolute Gasteiger partial charge is 0.356 e. The van der Waals surface area contributed by atoms with Crippen molar-refractivity contribution in [3.8, 4) is 11.5 Å². The fourth-order valence-electron chi connectivity index (χ4n) is 3.48. The van der Waals surface area contributed by atoms with Crippen molar-refractivity contribution in [1.82, 2.24) is 19.9 Å². The van der Waals surface area contributed by atoms with E-state index in [-0.39, 0.29) is 11.8 Å². The number of rotatable bonds is 5. The Morgan fingerprint density at radius 3 is 2.67 bits per heavy atom. The number of hydrogen-bond donors (Lipinski definition) is 1. The normalized spacial score (nSPS) is 14.5. The molecule has 0 unspecified atom stereocenters. The van der Waals surface area contributed by atoms with Gasteiger partial charge < -0.3 is 10.2 Å². The Bertz CT molecular complexity index is 1000. The molecule has 7 nitrogen and oxygen atoms in total. The Balaban J connectivity index is 1.43. The third-order valence-corrected chi connectivity index (χ3v) is 5.41. The van der Waals surface area contributed by atoms with Crippen LogP contribution in [0.3, 0.4) is 0 Å². The molecule has 1 aliphatic heterocycles. The number of aromatic nitrogens is 4. The summed E-state index contributed by atoms with van der Waals surface area (Å²) >= 11 is 5.85. The smallest absolute Gasteiger partial charge is 0.228 e. The van der Waals surface area contributed by atoms with E-state index in [0.29, 0.717) is 16.7 Å². The first-order chi connectivity index (χ1) is 14.6. The van der Waals surface area contributed by atoms with E-state index in [2.05, 4.69) is 32.1 Å². The SMILES string of the molecule is CCc1cc(N2CCC(C(=O)Nc3ccc(Cl)cn3)CC2)nc(-c2ccccn2)n1. The zero-order chi connectivity index (χ0) is 20.9. The Kier molecular flexibility index (Phi) is 6.18. The summed E-state index contributed by atoms with van der Waals surface area (Å²) in [6.07, 6.45) is 5.60. The standard InChI is InChI=1S/C22H23ClN6O/c1-2-17-13-20(28-21(26-17)18-5-3-4-10-24-18)29-11-8-15(9-12-29)22(30)27-19-7-6-16(23)14-25-19/h3-7,10,13-15H,2,8-9,11-12H2,1H3,(H,25,27,30). The van der Waals surface area contributed by atoms with Gasteiger partial charge in [0.2, 0.25) is 5.91 Å². The van der Waals surface area contributed by atoms with Crippen molar-refractivity contribution >= 4 is 29.1 Å². The van der Waals surface area contributed by atoms with Gasteiger partial charge in [-0.25, -0.2) is 15.0 Å². The highest BCUT2D eigenvalue weighted by atomic mass is 35.5. The van der Waals surface area contributed by atoms with Crippen LogP contribution >= 0.6 is 11.6 Å². The second-order valence-corrected chi connectivity index (χ2v) is 7.66. The van der Waals surface area contributed by atoms with Crippen LogP contribution < -0.4 is 10.2 Å². The van der Waals surface area contributed by atoms with Crippen molar-refractivity contribution in [1.29, 1.82) is 0 Å². The molecule has 0 aromatic carbocycles. The summed E-state index contributed by atoms with van der Waals surface area (Å²) in [5, 5.41) is 3.43. The molecule has 0 aliphatic carbocycles. The third-order valence-electron chi connectivity index (χ3n) is 5.19. The van der Waals surface area contributed by atoms with Crippen LogP contribution in [0.2, 0.25) is 5.02 Å². The van der Waals surface area contributed by atoms with E-state index in [4.69, 9.17) is 16.6 Å². The van der Waals surface area contributed by atoms with Gasteiger partial charge in [-0.3, -0.25) is 9.78 Å². The Hall–Kier alpha value is -3.06. The fourth-order valence-corrected chi connectivity index (χ4v) is 3.60. The average molecular weight is 423 g/mol. The summed E-state index contributed by atoms with van der Waals surface area (Å²) in [6, 6.07) is 11.2. The number of aryl methyl sites for hydroxylation is 1. The summed E-state index contributed by atoms with van der Waals surface area (Å²) < 4.78 is 0. The molecular weight excluding hydrogens is 400 g/mol. The first kappa shape index (κ1) is 20.2. The van der Waals surface area contributed by atoms with Crippen LogP contribution in [0.25, 0.3) is 11.5 Å². The van der Waals surface area contributed by atoms with Crippen LogP contribution in [0.4, 0.5) is 11.6 Å². The van der Waals surface area contributed by atoms with Crippen molar-refractivity contribution in [2.75, 3.05) is 23.3 Å². The maximum Gasteiger partial charge on any atom is 0.228 e. The highest BCUT2D eigenvalue weighted by Gasteiger charge is 2.26. The van der Waals surface area contributed by atoms with E-state index in [1.807, 2.05) is 24.3 Å². The van der Waals surface area contributed by atoms with Crippen molar-refractivity contribution in [3.05, 3.63) is 59.5 Å². The van der Waals surface area contributed by atoms with Gasteiger partial charge in [0, 0.05) is 43.2 Å². The Labute approximate surface area is 180 Å². The molecule has 154 valence electrons. The molecular formula is C22H23ClN6O. The monoisotopic (exact) mass is 422 g/mol.